The summed E-state index contributed by atoms with van der Waals surface area (Å²) in [7, 11) is -3.84. The Morgan fingerprint density at radius 1 is 1.08 bits per heavy atom. The third-order valence-corrected chi connectivity index (χ3v) is 8.17. The first-order valence-corrected chi connectivity index (χ1v) is 10.9. The molecular weight excluding hydrogens is 387 g/mol. The fourth-order valence-corrected chi connectivity index (χ4v) is 4.78. The van der Waals surface area contributed by atoms with Crippen LogP contribution in [0.2, 0.25) is 10.0 Å². The van der Waals surface area contributed by atoms with Gasteiger partial charge in [0.1, 0.15) is 4.75 Å². The molecule has 0 aliphatic heterocycles. The van der Waals surface area contributed by atoms with E-state index in [1.165, 1.54) is 32.0 Å². The molecule has 0 fully saturated rings. The van der Waals surface area contributed by atoms with Crippen molar-refractivity contribution in [2.45, 2.75) is 61.8 Å². The molecule has 7 heteroatoms. The van der Waals surface area contributed by atoms with Gasteiger partial charge in [0.15, 0.2) is 15.6 Å². The number of Topliss-reactive ketones (excluding diaryl/α,β-unsaturated/α-hetero) is 1. The number of carbonyl (C=O) groups excluding carboxylic acids is 1. The Morgan fingerprint density at radius 2 is 1.67 bits per heavy atom. The number of sulfone groups is 1. The van der Waals surface area contributed by atoms with E-state index in [9.17, 15) is 13.2 Å². The van der Waals surface area contributed by atoms with E-state index in [-0.39, 0.29) is 31.9 Å². The lowest BCUT2D eigenvalue weighted by atomic mass is 10.0. The number of rotatable bonds is 7. The number of hydrogen-bond acceptors (Lipinski definition) is 4. The molecule has 136 valence electrons. The van der Waals surface area contributed by atoms with Gasteiger partial charge < -0.3 is 0 Å². The molecule has 0 amide bonds. The Balaban J connectivity index is 2.88. The van der Waals surface area contributed by atoms with E-state index in [0.717, 1.165) is 5.75 Å². The van der Waals surface area contributed by atoms with Gasteiger partial charge in [-0.1, -0.05) is 44.0 Å². The zero-order chi connectivity index (χ0) is 18.8. The number of hydrogen-bond donors (Lipinski definition) is 0. The maximum absolute atomic E-state index is 12.8. The Hall–Kier alpha value is -0.230. The highest BCUT2D eigenvalue weighted by Crippen LogP contribution is 2.32. The van der Waals surface area contributed by atoms with Crippen LogP contribution in [-0.2, 0) is 14.6 Å². The van der Waals surface area contributed by atoms with E-state index >= 15 is 0 Å². The number of carbonyl (C=O) groups is 1. The summed E-state index contributed by atoms with van der Waals surface area (Å²) in [5, 5.41) is 0.432. The Morgan fingerprint density at radius 3 is 2.17 bits per heavy atom. The standard InChI is InChI=1S/C17H24Cl2O3S2/c1-16(2,3)23-10-6-7-15(20)17(4,5)24(21,22)12-8-9-13(18)14(19)11-12/h8-9,11H,6-7,10H2,1-5H3. The van der Waals surface area contributed by atoms with Gasteiger partial charge in [-0.15, -0.1) is 0 Å². The number of thioether (sulfide) groups is 1. The van der Waals surface area contributed by atoms with Gasteiger partial charge in [0.05, 0.1) is 14.9 Å². The van der Waals surface area contributed by atoms with Crippen molar-refractivity contribution < 1.29 is 13.2 Å². The quantitative estimate of drug-likeness (QED) is 0.562. The summed E-state index contributed by atoms with van der Waals surface area (Å²) in [6, 6.07) is 4.11. The first-order valence-electron chi connectivity index (χ1n) is 7.66. The molecule has 0 aliphatic carbocycles. The average Bonchev–Trinajstić information content (AvgIpc) is 2.44. The molecule has 0 bridgehead atoms. The van der Waals surface area contributed by atoms with Crippen LogP contribution in [0.3, 0.4) is 0 Å². The highest BCUT2D eigenvalue weighted by molar-refractivity contribution is 8.00. The van der Waals surface area contributed by atoms with E-state index in [2.05, 4.69) is 20.8 Å². The van der Waals surface area contributed by atoms with E-state index in [4.69, 9.17) is 23.2 Å². The van der Waals surface area contributed by atoms with Crippen molar-refractivity contribution in [2.75, 3.05) is 5.75 Å². The van der Waals surface area contributed by atoms with Crippen LogP contribution in [0.5, 0.6) is 0 Å². The predicted molar refractivity (Wildman–Crippen MR) is 104 cm³/mol. The van der Waals surface area contributed by atoms with Gasteiger partial charge in [-0.25, -0.2) is 8.42 Å². The molecular formula is C17H24Cl2O3S2. The molecule has 0 N–H and O–H groups in total. The van der Waals surface area contributed by atoms with Gasteiger partial charge in [-0.3, -0.25) is 4.79 Å². The molecule has 0 atom stereocenters. The van der Waals surface area contributed by atoms with Crippen molar-refractivity contribution in [3.05, 3.63) is 28.2 Å². The summed E-state index contributed by atoms with van der Waals surface area (Å²) in [4.78, 5) is 12.5. The summed E-state index contributed by atoms with van der Waals surface area (Å²) in [5.74, 6) is 0.529. The van der Waals surface area contributed by atoms with Gasteiger partial charge in [-0.05, 0) is 44.2 Å². The van der Waals surface area contributed by atoms with Crippen LogP contribution in [0.4, 0.5) is 0 Å². The lowest BCUT2D eigenvalue weighted by Gasteiger charge is -2.24. The third-order valence-electron chi connectivity index (χ3n) is 3.63. The number of ketones is 1. The summed E-state index contributed by atoms with van der Waals surface area (Å²) in [6.07, 6.45) is 0.887. The average molecular weight is 411 g/mol. The van der Waals surface area contributed by atoms with Crippen LogP contribution >= 0.6 is 35.0 Å². The van der Waals surface area contributed by atoms with Crippen LogP contribution in [0.1, 0.15) is 47.5 Å². The molecule has 0 aliphatic rings. The van der Waals surface area contributed by atoms with Gasteiger partial charge in [0.25, 0.3) is 0 Å². The Bertz CT molecular complexity index is 705. The molecule has 0 radical (unpaired) electrons. The van der Waals surface area contributed by atoms with E-state index in [0.29, 0.717) is 6.42 Å². The highest BCUT2D eigenvalue weighted by atomic mass is 35.5. The fraction of sp³-hybridized carbons (Fsp3) is 0.588. The second-order valence-corrected chi connectivity index (χ2v) is 12.3. The fourth-order valence-electron chi connectivity index (χ4n) is 2.00. The predicted octanol–water partition coefficient (Wildman–Crippen LogP) is 5.43. The van der Waals surface area contributed by atoms with Crippen LogP contribution in [0, 0.1) is 0 Å². The summed E-state index contributed by atoms with van der Waals surface area (Å²) < 4.78 is 24.3. The van der Waals surface area contributed by atoms with Gasteiger partial charge >= 0.3 is 0 Å². The monoisotopic (exact) mass is 410 g/mol. The molecule has 0 aromatic heterocycles. The van der Waals surface area contributed by atoms with E-state index < -0.39 is 14.6 Å². The molecule has 24 heavy (non-hydrogen) atoms. The van der Waals surface area contributed by atoms with Gasteiger partial charge in [0, 0.05) is 11.2 Å². The zero-order valence-corrected chi connectivity index (χ0v) is 17.8. The normalized spacial score (nSPS) is 13.1. The largest absolute Gasteiger partial charge is 0.298 e. The first-order chi connectivity index (χ1) is 10.8. The van der Waals surface area contributed by atoms with Gasteiger partial charge in [-0.2, -0.15) is 11.8 Å². The number of benzene rings is 1. The summed E-state index contributed by atoms with van der Waals surface area (Å²) >= 11 is 13.5. The van der Waals surface area contributed by atoms with Crippen molar-refractivity contribution in [1.82, 2.24) is 0 Å². The molecule has 0 saturated carbocycles. The highest BCUT2D eigenvalue weighted by Gasteiger charge is 2.42. The third kappa shape index (κ3) is 5.38. The van der Waals surface area contributed by atoms with Crippen LogP contribution in [-0.4, -0.2) is 29.4 Å². The van der Waals surface area contributed by atoms with Crippen molar-refractivity contribution >= 4 is 50.6 Å². The zero-order valence-electron chi connectivity index (χ0n) is 14.7. The topological polar surface area (TPSA) is 51.2 Å². The smallest absolute Gasteiger partial charge is 0.190 e. The van der Waals surface area contributed by atoms with E-state index in [1.807, 2.05) is 0 Å². The maximum Gasteiger partial charge on any atom is 0.190 e. The molecule has 0 unspecified atom stereocenters. The lowest BCUT2D eigenvalue weighted by molar-refractivity contribution is -0.120. The van der Waals surface area contributed by atoms with Crippen molar-refractivity contribution in [2.24, 2.45) is 0 Å². The van der Waals surface area contributed by atoms with Crippen molar-refractivity contribution in [3.63, 3.8) is 0 Å². The molecule has 0 heterocycles. The molecule has 1 aromatic carbocycles. The minimum absolute atomic E-state index is 0.0133. The SMILES string of the molecule is CC(C)(C)SCCCC(=O)C(C)(C)S(=O)(=O)c1ccc(Cl)c(Cl)c1. The lowest BCUT2D eigenvalue weighted by Crippen LogP contribution is -2.40. The van der Waals surface area contributed by atoms with Crippen molar-refractivity contribution in [1.29, 1.82) is 0 Å². The molecule has 3 nitrogen and oxygen atoms in total. The van der Waals surface area contributed by atoms with Crippen molar-refractivity contribution in [3.8, 4) is 0 Å². The molecule has 1 aromatic rings. The number of halogens is 2. The van der Waals surface area contributed by atoms with E-state index in [1.54, 1.807) is 11.8 Å². The second-order valence-electron chi connectivity index (χ2n) is 7.08. The molecule has 0 spiro atoms. The second kappa shape index (κ2) is 7.98. The van der Waals surface area contributed by atoms with Crippen LogP contribution < -0.4 is 0 Å². The summed E-state index contributed by atoms with van der Waals surface area (Å²) in [6.45, 7) is 9.22. The maximum atomic E-state index is 12.8. The minimum Gasteiger partial charge on any atom is -0.298 e. The first kappa shape index (κ1) is 21.8. The molecule has 0 saturated heterocycles. The molecule has 1 rings (SSSR count). The van der Waals surface area contributed by atoms with Gasteiger partial charge in [0.2, 0.25) is 0 Å². The minimum atomic E-state index is -3.84. The Labute approximate surface area is 159 Å². The van der Waals surface area contributed by atoms with Crippen LogP contribution in [0.15, 0.2) is 23.1 Å². The summed E-state index contributed by atoms with van der Waals surface area (Å²) in [5.41, 5.74) is 0. The van der Waals surface area contributed by atoms with Crippen LogP contribution in [0.25, 0.3) is 0 Å². The Kier molecular flexibility index (Phi) is 7.25.